The van der Waals surface area contributed by atoms with E-state index in [2.05, 4.69) is 27.5 Å². The number of aromatic amines is 1. The maximum absolute atomic E-state index is 5.98. The van der Waals surface area contributed by atoms with Gasteiger partial charge in [-0.3, -0.25) is 0 Å². The zero-order valence-electron chi connectivity index (χ0n) is 10.3. The van der Waals surface area contributed by atoms with Crippen LogP contribution in [0, 0.1) is 0 Å². The summed E-state index contributed by atoms with van der Waals surface area (Å²) in [5.41, 5.74) is 8.27. The van der Waals surface area contributed by atoms with Gasteiger partial charge in [0.2, 0.25) is 0 Å². The fourth-order valence-electron chi connectivity index (χ4n) is 2.16. The lowest BCUT2D eigenvalue weighted by Gasteiger charge is -1.95. The number of aryl methyl sites for hydroxylation is 2. The average Bonchev–Trinajstić information content (AvgIpc) is 2.98. The van der Waals surface area contributed by atoms with E-state index in [4.69, 9.17) is 17.3 Å². The first-order valence-corrected chi connectivity index (χ1v) is 7.44. The van der Waals surface area contributed by atoms with Crippen molar-refractivity contribution in [2.75, 3.05) is 5.73 Å². The van der Waals surface area contributed by atoms with E-state index in [1.54, 1.807) is 17.4 Å². The highest BCUT2D eigenvalue weighted by atomic mass is 35.5. The molecule has 0 aliphatic carbocycles. The Bertz CT molecular complexity index is 688. The van der Waals surface area contributed by atoms with Crippen LogP contribution in [-0.2, 0) is 12.8 Å². The van der Waals surface area contributed by atoms with Crippen molar-refractivity contribution in [3.8, 4) is 0 Å². The predicted molar refractivity (Wildman–Crippen MR) is 81.9 cm³/mol. The summed E-state index contributed by atoms with van der Waals surface area (Å²) in [7, 11) is 0. The van der Waals surface area contributed by atoms with Crippen LogP contribution in [0.4, 0.5) is 5.69 Å². The minimum Gasteiger partial charge on any atom is -0.397 e. The lowest BCUT2D eigenvalue weighted by molar-refractivity contribution is 0.793. The number of nitrogens with zero attached hydrogens (tertiary/aromatic N) is 1. The Morgan fingerprint density at radius 3 is 3.00 bits per heavy atom. The van der Waals surface area contributed by atoms with Crippen LogP contribution in [0.2, 0.25) is 5.02 Å². The molecule has 1 aromatic carbocycles. The molecule has 19 heavy (non-hydrogen) atoms. The number of nitrogens with one attached hydrogen (secondary N) is 1. The number of thiophene rings is 1. The summed E-state index contributed by atoms with van der Waals surface area (Å²) in [6.07, 6.45) is 3.09. The molecule has 0 spiro atoms. The largest absolute Gasteiger partial charge is 0.397 e. The number of fused-ring (bicyclic) bond motifs is 1. The van der Waals surface area contributed by atoms with E-state index in [1.165, 1.54) is 4.88 Å². The number of hydrogen-bond acceptors (Lipinski definition) is 3. The quantitative estimate of drug-likeness (QED) is 0.713. The molecule has 0 fully saturated rings. The number of rotatable bonds is 4. The third-order valence-corrected chi connectivity index (χ3v) is 4.20. The van der Waals surface area contributed by atoms with Gasteiger partial charge in [0.05, 0.1) is 11.2 Å². The Labute approximate surface area is 120 Å². The van der Waals surface area contributed by atoms with Gasteiger partial charge in [-0.1, -0.05) is 17.7 Å². The van der Waals surface area contributed by atoms with Crippen LogP contribution in [0.1, 0.15) is 17.1 Å². The van der Waals surface area contributed by atoms with Crippen LogP contribution in [0.5, 0.6) is 0 Å². The summed E-state index contributed by atoms with van der Waals surface area (Å²) in [5, 5.41) is 2.75. The fraction of sp³-hybridized carbons (Fsp3) is 0.214. The Hall–Kier alpha value is -1.52. The number of nitrogens with two attached hydrogens (primary N) is 1. The Balaban J connectivity index is 1.73. The zero-order valence-corrected chi connectivity index (χ0v) is 11.9. The molecule has 2 heterocycles. The fourth-order valence-corrected chi connectivity index (χ4v) is 3.14. The van der Waals surface area contributed by atoms with Crippen LogP contribution >= 0.6 is 22.9 Å². The molecule has 0 unspecified atom stereocenters. The van der Waals surface area contributed by atoms with Crippen molar-refractivity contribution < 1.29 is 0 Å². The van der Waals surface area contributed by atoms with Crippen LogP contribution in [-0.4, -0.2) is 9.97 Å². The third kappa shape index (κ3) is 2.74. The number of hydrogen-bond donors (Lipinski definition) is 2. The second-order valence-corrected chi connectivity index (χ2v) is 5.98. The second-order valence-electron chi connectivity index (χ2n) is 4.51. The molecule has 0 amide bonds. The standard InChI is InChI=1S/C14H14ClN3S/c15-9-7-11(16)14-12(8-9)17-13(18-14)5-1-3-10-4-2-6-19-10/h2,4,6-8H,1,3,5,16H2,(H,17,18). The van der Waals surface area contributed by atoms with Crippen molar-refractivity contribution in [1.29, 1.82) is 0 Å². The van der Waals surface area contributed by atoms with Crippen LogP contribution < -0.4 is 5.73 Å². The molecule has 5 heteroatoms. The number of H-pyrrole nitrogens is 1. The molecular weight excluding hydrogens is 278 g/mol. The van der Waals surface area contributed by atoms with Crippen molar-refractivity contribution in [2.24, 2.45) is 0 Å². The number of anilines is 1. The predicted octanol–water partition coefficient (Wildman–Crippen LogP) is 4.04. The molecule has 2 aromatic heterocycles. The number of imidazole rings is 1. The molecule has 0 aliphatic heterocycles. The summed E-state index contributed by atoms with van der Waals surface area (Å²) in [6, 6.07) is 7.86. The van der Waals surface area contributed by atoms with E-state index >= 15 is 0 Å². The molecule has 3 aromatic rings. The molecule has 0 saturated carbocycles. The summed E-state index contributed by atoms with van der Waals surface area (Å²) in [6.45, 7) is 0. The van der Waals surface area contributed by atoms with Crippen molar-refractivity contribution in [3.05, 3.63) is 45.4 Å². The van der Waals surface area contributed by atoms with Gasteiger partial charge >= 0.3 is 0 Å². The van der Waals surface area contributed by atoms with Gasteiger partial charge in [0, 0.05) is 16.3 Å². The van der Waals surface area contributed by atoms with Crippen LogP contribution in [0.25, 0.3) is 11.0 Å². The van der Waals surface area contributed by atoms with Gasteiger partial charge in [0.15, 0.2) is 0 Å². The highest BCUT2D eigenvalue weighted by molar-refractivity contribution is 7.09. The SMILES string of the molecule is Nc1cc(Cl)cc2[nH]c(CCCc3cccs3)nc12. The van der Waals surface area contributed by atoms with Crippen molar-refractivity contribution in [1.82, 2.24) is 9.97 Å². The molecule has 3 rings (SSSR count). The number of halogens is 1. The maximum Gasteiger partial charge on any atom is 0.112 e. The van der Waals surface area contributed by atoms with E-state index in [0.29, 0.717) is 10.7 Å². The molecule has 0 aliphatic rings. The number of aromatic nitrogens is 2. The first-order chi connectivity index (χ1) is 9.22. The van der Waals surface area contributed by atoms with E-state index in [9.17, 15) is 0 Å². The molecule has 98 valence electrons. The second kappa shape index (κ2) is 5.23. The summed E-state index contributed by atoms with van der Waals surface area (Å²) in [5.74, 6) is 0.973. The van der Waals surface area contributed by atoms with Crippen molar-refractivity contribution in [2.45, 2.75) is 19.3 Å². The highest BCUT2D eigenvalue weighted by Gasteiger charge is 2.07. The van der Waals surface area contributed by atoms with E-state index in [0.717, 1.165) is 36.1 Å². The van der Waals surface area contributed by atoms with Crippen LogP contribution in [0.3, 0.4) is 0 Å². The van der Waals surface area contributed by atoms with Crippen molar-refractivity contribution in [3.63, 3.8) is 0 Å². The van der Waals surface area contributed by atoms with Gasteiger partial charge < -0.3 is 10.7 Å². The smallest absolute Gasteiger partial charge is 0.112 e. The normalized spacial score (nSPS) is 11.2. The summed E-state index contributed by atoms with van der Waals surface area (Å²) >= 11 is 7.78. The van der Waals surface area contributed by atoms with Crippen LogP contribution in [0.15, 0.2) is 29.6 Å². The van der Waals surface area contributed by atoms with E-state index in [1.807, 2.05) is 6.07 Å². The molecule has 0 saturated heterocycles. The average molecular weight is 292 g/mol. The first kappa shape index (κ1) is 12.5. The van der Waals surface area contributed by atoms with Gasteiger partial charge in [0.1, 0.15) is 11.3 Å². The van der Waals surface area contributed by atoms with Gasteiger partial charge in [-0.25, -0.2) is 4.98 Å². The maximum atomic E-state index is 5.98. The van der Waals surface area contributed by atoms with E-state index in [-0.39, 0.29) is 0 Å². The highest BCUT2D eigenvalue weighted by Crippen LogP contribution is 2.24. The molecular formula is C14H14ClN3S. The number of nitrogen functional groups attached to an aromatic ring is 1. The minimum absolute atomic E-state index is 0.628. The Morgan fingerprint density at radius 2 is 2.21 bits per heavy atom. The Morgan fingerprint density at radius 1 is 1.32 bits per heavy atom. The molecule has 0 bridgehead atoms. The Kier molecular flexibility index (Phi) is 3.44. The van der Waals surface area contributed by atoms with Gasteiger partial charge in [0.25, 0.3) is 0 Å². The van der Waals surface area contributed by atoms with Gasteiger partial charge in [-0.2, -0.15) is 0 Å². The number of benzene rings is 1. The first-order valence-electron chi connectivity index (χ1n) is 6.18. The zero-order chi connectivity index (χ0) is 13.2. The minimum atomic E-state index is 0.628. The lowest BCUT2D eigenvalue weighted by atomic mass is 10.2. The third-order valence-electron chi connectivity index (χ3n) is 3.05. The molecule has 3 N–H and O–H groups in total. The van der Waals surface area contributed by atoms with E-state index < -0.39 is 0 Å². The van der Waals surface area contributed by atoms with Gasteiger partial charge in [-0.05, 0) is 36.4 Å². The van der Waals surface area contributed by atoms with Crippen molar-refractivity contribution >= 4 is 39.7 Å². The topological polar surface area (TPSA) is 54.7 Å². The molecule has 3 nitrogen and oxygen atoms in total. The monoisotopic (exact) mass is 291 g/mol. The molecule has 0 radical (unpaired) electrons. The summed E-state index contributed by atoms with van der Waals surface area (Å²) in [4.78, 5) is 9.24. The summed E-state index contributed by atoms with van der Waals surface area (Å²) < 4.78 is 0. The lowest BCUT2D eigenvalue weighted by Crippen LogP contribution is -1.90. The van der Waals surface area contributed by atoms with Gasteiger partial charge in [-0.15, -0.1) is 11.3 Å². The molecule has 0 atom stereocenters.